The average molecular weight is 461 g/mol. The number of rotatable bonds is 9. The molecule has 0 fully saturated rings. The van der Waals surface area contributed by atoms with E-state index in [1.54, 1.807) is 37.3 Å². The molecule has 0 aliphatic carbocycles. The Balaban J connectivity index is 1.87. The van der Waals surface area contributed by atoms with Crippen LogP contribution in [0, 0.1) is 11.6 Å². The fourth-order valence-corrected chi connectivity index (χ4v) is 4.20. The molecule has 3 aromatic carbocycles. The second kappa shape index (κ2) is 10.3. The number of para-hydroxylation sites is 1. The van der Waals surface area contributed by atoms with E-state index in [9.17, 15) is 22.0 Å². The number of carbonyl (C=O) groups is 1. The van der Waals surface area contributed by atoms with Crippen molar-refractivity contribution in [3.05, 3.63) is 90.0 Å². The van der Waals surface area contributed by atoms with Crippen molar-refractivity contribution in [3.8, 4) is 5.75 Å². The van der Waals surface area contributed by atoms with Crippen molar-refractivity contribution in [2.75, 3.05) is 11.9 Å². The molecule has 0 radical (unpaired) electrons. The Kier molecular flexibility index (Phi) is 7.55. The molecule has 1 atom stereocenters. The zero-order valence-corrected chi connectivity index (χ0v) is 18.0. The van der Waals surface area contributed by atoms with Crippen LogP contribution in [0.1, 0.15) is 12.5 Å². The van der Waals surface area contributed by atoms with Gasteiger partial charge in [-0.05, 0) is 55.3 Å². The molecule has 0 saturated carbocycles. The van der Waals surface area contributed by atoms with Gasteiger partial charge in [0.05, 0.1) is 11.5 Å². The summed E-state index contributed by atoms with van der Waals surface area (Å²) in [5, 5.41) is 2.16. The minimum Gasteiger partial charge on any atom is -0.494 e. The summed E-state index contributed by atoms with van der Waals surface area (Å²) in [6, 6.07) is 16.2. The summed E-state index contributed by atoms with van der Waals surface area (Å²) in [5.41, 5.74) is 0.0203. The number of amides is 1. The third-order valence-corrected chi connectivity index (χ3v) is 6.04. The van der Waals surface area contributed by atoms with E-state index in [4.69, 9.17) is 4.74 Å². The number of anilines is 1. The minimum absolute atomic E-state index is 0.0288. The van der Waals surface area contributed by atoms with E-state index < -0.39 is 39.3 Å². The van der Waals surface area contributed by atoms with E-state index in [0.29, 0.717) is 17.9 Å². The van der Waals surface area contributed by atoms with Gasteiger partial charge < -0.3 is 10.1 Å². The second-order valence-electron chi connectivity index (χ2n) is 6.85. The van der Waals surface area contributed by atoms with Gasteiger partial charge in [0.15, 0.2) is 0 Å². The van der Waals surface area contributed by atoms with Gasteiger partial charge in [0.2, 0.25) is 15.9 Å². The molecule has 2 N–H and O–H groups in total. The number of hydrogen-bond donors (Lipinski definition) is 2. The SMILES string of the molecule is CCOc1ccc(S(=O)(=O)N[C@H](Cc2ccccc2)C(=O)Nc2c(F)cccc2F)cc1. The second-order valence-corrected chi connectivity index (χ2v) is 8.57. The molecule has 0 unspecified atom stereocenters. The predicted octanol–water partition coefficient (Wildman–Crippen LogP) is 3.89. The number of carbonyl (C=O) groups excluding carboxylic acids is 1. The summed E-state index contributed by atoms with van der Waals surface area (Å²) < 4.78 is 61.5. The maximum Gasteiger partial charge on any atom is 0.243 e. The van der Waals surface area contributed by atoms with Crippen LogP contribution in [0.4, 0.5) is 14.5 Å². The molecule has 0 saturated heterocycles. The first-order valence-corrected chi connectivity index (χ1v) is 11.3. The van der Waals surface area contributed by atoms with Crippen molar-refractivity contribution in [1.82, 2.24) is 4.72 Å². The van der Waals surface area contributed by atoms with Crippen LogP contribution in [0.5, 0.6) is 5.75 Å². The van der Waals surface area contributed by atoms with E-state index >= 15 is 0 Å². The first-order valence-electron chi connectivity index (χ1n) is 9.84. The van der Waals surface area contributed by atoms with Gasteiger partial charge in [0.25, 0.3) is 0 Å². The van der Waals surface area contributed by atoms with E-state index in [0.717, 1.165) is 18.2 Å². The molecule has 0 spiro atoms. The summed E-state index contributed by atoms with van der Waals surface area (Å²) in [5.74, 6) is -2.33. The Morgan fingerprint density at radius 3 is 2.16 bits per heavy atom. The molecule has 32 heavy (non-hydrogen) atoms. The monoisotopic (exact) mass is 460 g/mol. The molecule has 0 aliphatic heterocycles. The van der Waals surface area contributed by atoms with Gasteiger partial charge in [0, 0.05) is 0 Å². The highest BCUT2D eigenvalue weighted by Gasteiger charge is 2.27. The summed E-state index contributed by atoms with van der Waals surface area (Å²) >= 11 is 0. The van der Waals surface area contributed by atoms with Crippen LogP contribution in [-0.4, -0.2) is 27.0 Å². The van der Waals surface area contributed by atoms with Crippen LogP contribution in [0.25, 0.3) is 0 Å². The zero-order chi connectivity index (χ0) is 23.1. The van der Waals surface area contributed by atoms with E-state index in [2.05, 4.69) is 10.0 Å². The molecule has 168 valence electrons. The van der Waals surface area contributed by atoms with Gasteiger partial charge >= 0.3 is 0 Å². The lowest BCUT2D eigenvalue weighted by molar-refractivity contribution is -0.117. The van der Waals surface area contributed by atoms with Gasteiger partial charge in [-0.3, -0.25) is 4.79 Å². The number of halogens is 2. The van der Waals surface area contributed by atoms with Gasteiger partial charge in [-0.1, -0.05) is 36.4 Å². The van der Waals surface area contributed by atoms with Crippen LogP contribution in [0.3, 0.4) is 0 Å². The quantitative estimate of drug-likeness (QED) is 0.507. The van der Waals surface area contributed by atoms with Gasteiger partial charge in [-0.2, -0.15) is 4.72 Å². The van der Waals surface area contributed by atoms with E-state index in [1.807, 2.05) is 0 Å². The van der Waals surface area contributed by atoms with Crippen LogP contribution in [-0.2, 0) is 21.2 Å². The third kappa shape index (κ3) is 5.89. The van der Waals surface area contributed by atoms with E-state index in [1.165, 1.54) is 24.3 Å². The average Bonchev–Trinajstić information content (AvgIpc) is 2.77. The predicted molar refractivity (Wildman–Crippen MR) is 117 cm³/mol. The van der Waals surface area contributed by atoms with Crippen LogP contribution < -0.4 is 14.8 Å². The Labute approximate surface area is 185 Å². The molecule has 0 aliphatic rings. The summed E-state index contributed by atoms with van der Waals surface area (Å²) in [6.07, 6.45) is -0.0288. The summed E-state index contributed by atoms with van der Waals surface area (Å²) in [4.78, 5) is 12.8. The van der Waals surface area contributed by atoms with Crippen molar-refractivity contribution in [1.29, 1.82) is 0 Å². The molecule has 1 amide bonds. The number of ether oxygens (including phenoxy) is 1. The first-order chi connectivity index (χ1) is 15.3. The van der Waals surface area contributed by atoms with Crippen molar-refractivity contribution in [2.24, 2.45) is 0 Å². The summed E-state index contributed by atoms with van der Waals surface area (Å²) in [7, 11) is -4.12. The number of hydrogen-bond acceptors (Lipinski definition) is 4. The summed E-state index contributed by atoms with van der Waals surface area (Å²) in [6.45, 7) is 2.23. The van der Waals surface area contributed by atoms with Gasteiger partial charge in [-0.25, -0.2) is 17.2 Å². The fourth-order valence-electron chi connectivity index (χ4n) is 3.00. The lowest BCUT2D eigenvalue weighted by atomic mass is 10.1. The standard InChI is InChI=1S/C23H22F2N2O4S/c1-2-31-17-11-13-18(14-12-17)32(29,30)27-21(15-16-7-4-3-5-8-16)23(28)26-22-19(24)9-6-10-20(22)25/h3-14,21,27H,2,15H2,1H3,(H,26,28)/t21-/m1/s1. The Hall–Kier alpha value is -3.30. The zero-order valence-electron chi connectivity index (χ0n) is 17.2. The highest BCUT2D eigenvalue weighted by molar-refractivity contribution is 7.89. The molecule has 6 nitrogen and oxygen atoms in total. The maximum atomic E-state index is 14.0. The Bertz CT molecular complexity index is 1150. The van der Waals surface area contributed by atoms with Gasteiger partial charge in [-0.15, -0.1) is 0 Å². The number of sulfonamides is 1. The normalized spacial score (nSPS) is 12.2. The van der Waals surface area contributed by atoms with Crippen molar-refractivity contribution in [2.45, 2.75) is 24.3 Å². The number of benzene rings is 3. The largest absolute Gasteiger partial charge is 0.494 e. The molecular weight excluding hydrogens is 438 g/mol. The van der Waals surface area contributed by atoms with E-state index in [-0.39, 0.29) is 11.3 Å². The molecule has 9 heteroatoms. The van der Waals surface area contributed by atoms with Crippen molar-refractivity contribution >= 4 is 21.6 Å². The highest BCUT2D eigenvalue weighted by atomic mass is 32.2. The minimum atomic E-state index is -4.12. The van der Waals surface area contributed by atoms with Crippen LogP contribution >= 0.6 is 0 Å². The fraction of sp³-hybridized carbons (Fsp3) is 0.174. The molecular formula is C23H22F2N2O4S. The first kappa shape index (κ1) is 23.4. The van der Waals surface area contributed by atoms with Crippen LogP contribution in [0.2, 0.25) is 0 Å². The topological polar surface area (TPSA) is 84.5 Å². The Morgan fingerprint density at radius 1 is 0.938 bits per heavy atom. The number of nitrogens with one attached hydrogen (secondary N) is 2. The van der Waals surface area contributed by atoms with Crippen LogP contribution in [0.15, 0.2) is 77.7 Å². The maximum absolute atomic E-state index is 14.0. The highest BCUT2D eigenvalue weighted by Crippen LogP contribution is 2.20. The van der Waals surface area contributed by atoms with Crippen molar-refractivity contribution in [3.63, 3.8) is 0 Å². The molecule has 3 aromatic rings. The van der Waals surface area contributed by atoms with Gasteiger partial charge in [0.1, 0.15) is 29.1 Å². The molecule has 0 bridgehead atoms. The molecule has 0 heterocycles. The smallest absolute Gasteiger partial charge is 0.243 e. The van der Waals surface area contributed by atoms with Crippen molar-refractivity contribution < 1.29 is 26.7 Å². The molecule has 0 aromatic heterocycles. The lowest BCUT2D eigenvalue weighted by Gasteiger charge is -2.19. The Morgan fingerprint density at radius 2 is 1.56 bits per heavy atom. The molecule has 3 rings (SSSR count). The lowest BCUT2D eigenvalue weighted by Crippen LogP contribution is -2.45. The third-order valence-electron chi connectivity index (χ3n) is 4.55.